The molecule has 0 amide bonds. The molecule has 0 radical (unpaired) electrons. The molecule has 4 heteroatoms. The number of carbonyl (C=O) groups is 1. The number of hydrogen-bond donors (Lipinski definition) is 1. The van der Waals surface area contributed by atoms with Crippen LogP contribution in [0.25, 0.3) is 0 Å². The van der Waals surface area contributed by atoms with Gasteiger partial charge in [-0.25, -0.2) is 0 Å². The second-order valence-corrected chi connectivity index (χ2v) is 4.31. The van der Waals surface area contributed by atoms with Crippen molar-refractivity contribution in [1.82, 2.24) is 5.32 Å². The number of ether oxygens (including phenoxy) is 2. The quantitative estimate of drug-likeness (QED) is 0.752. The number of aryl methyl sites for hydroxylation is 1. The van der Waals surface area contributed by atoms with E-state index < -0.39 is 0 Å². The van der Waals surface area contributed by atoms with E-state index in [1.807, 2.05) is 38.1 Å². The van der Waals surface area contributed by atoms with E-state index in [4.69, 9.17) is 4.74 Å². The number of hydrogen-bond acceptors (Lipinski definition) is 4. The van der Waals surface area contributed by atoms with E-state index in [1.165, 1.54) is 12.7 Å². The summed E-state index contributed by atoms with van der Waals surface area (Å²) in [6, 6.07) is 8.14. The van der Waals surface area contributed by atoms with Crippen LogP contribution in [-0.2, 0) is 9.53 Å². The third kappa shape index (κ3) is 5.68. The Kier molecular flexibility index (Phi) is 6.22. The van der Waals surface area contributed by atoms with Crippen molar-refractivity contribution in [3.05, 3.63) is 29.8 Å². The van der Waals surface area contributed by atoms with E-state index in [1.54, 1.807) is 0 Å². The van der Waals surface area contributed by atoms with Gasteiger partial charge in [-0.2, -0.15) is 0 Å². The van der Waals surface area contributed by atoms with Crippen LogP contribution in [-0.4, -0.2) is 32.3 Å². The molecule has 18 heavy (non-hydrogen) atoms. The summed E-state index contributed by atoms with van der Waals surface area (Å²) >= 11 is 0. The van der Waals surface area contributed by atoms with Crippen LogP contribution in [0, 0.1) is 6.92 Å². The van der Waals surface area contributed by atoms with Crippen LogP contribution in [0.1, 0.15) is 18.9 Å². The van der Waals surface area contributed by atoms with Crippen molar-refractivity contribution in [3.8, 4) is 5.75 Å². The van der Waals surface area contributed by atoms with E-state index in [-0.39, 0.29) is 12.0 Å². The molecule has 0 aliphatic carbocycles. The largest absolute Gasteiger partial charge is 0.492 e. The second-order valence-electron chi connectivity index (χ2n) is 4.31. The minimum atomic E-state index is -0.200. The summed E-state index contributed by atoms with van der Waals surface area (Å²) in [5.41, 5.74) is 1.21. The van der Waals surface area contributed by atoms with Gasteiger partial charge in [0, 0.05) is 12.6 Å². The average Bonchev–Trinajstić information content (AvgIpc) is 2.38. The highest BCUT2D eigenvalue weighted by molar-refractivity contribution is 5.69. The van der Waals surface area contributed by atoms with Gasteiger partial charge in [0.2, 0.25) is 0 Å². The summed E-state index contributed by atoms with van der Waals surface area (Å²) in [4.78, 5) is 10.9. The molecule has 0 spiro atoms. The molecule has 1 atom stereocenters. The van der Waals surface area contributed by atoms with Crippen LogP contribution in [0.3, 0.4) is 0 Å². The molecule has 0 aliphatic heterocycles. The Morgan fingerprint density at radius 1 is 1.33 bits per heavy atom. The predicted octanol–water partition coefficient (Wildman–Crippen LogP) is 1.92. The minimum absolute atomic E-state index is 0.191. The standard InChI is InChI=1S/C14H21NO3/c1-11-4-6-13(7-5-11)18-10-12(2)15-9-8-14(16)17-3/h4-7,12,15H,8-10H2,1-3H3. The molecule has 0 aromatic heterocycles. The van der Waals surface area contributed by atoms with Gasteiger partial charge < -0.3 is 14.8 Å². The number of benzene rings is 1. The fraction of sp³-hybridized carbons (Fsp3) is 0.500. The van der Waals surface area contributed by atoms with Gasteiger partial charge in [0.1, 0.15) is 12.4 Å². The zero-order valence-electron chi connectivity index (χ0n) is 11.2. The topological polar surface area (TPSA) is 47.6 Å². The van der Waals surface area contributed by atoms with Crippen molar-refractivity contribution in [2.75, 3.05) is 20.3 Å². The van der Waals surface area contributed by atoms with Gasteiger partial charge in [-0.3, -0.25) is 4.79 Å². The molecule has 0 saturated carbocycles. The molecule has 100 valence electrons. The highest BCUT2D eigenvalue weighted by atomic mass is 16.5. The first-order valence-corrected chi connectivity index (χ1v) is 6.11. The Labute approximate surface area is 108 Å². The predicted molar refractivity (Wildman–Crippen MR) is 70.8 cm³/mol. The molecule has 0 heterocycles. The van der Waals surface area contributed by atoms with Gasteiger partial charge in [-0.1, -0.05) is 17.7 Å². The summed E-state index contributed by atoms with van der Waals surface area (Å²) in [5, 5.41) is 3.20. The summed E-state index contributed by atoms with van der Waals surface area (Å²) < 4.78 is 10.2. The van der Waals surface area contributed by atoms with Crippen molar-refractivity contribution < 1.29 is 14.3 Å². The molecule has 0 fully saturated rings. The van der Waals surface area contributed by atoms with Gasteiger partial charge in [0.25, 0.3) is 0 Å². The minimum Gasteiger partial charge on any atom is -0.492 e. The fourth-order valence-electron chi connectivity index (χ4n) is 1.44. The Morgan fingerprint density at radius 3 is 2.61 bits per heavy atom. The molecule has 1 aromatic rings. The first kappa shape index (κ1) is 14.5. The van der Waals surface area contributed by atoms with Gasteiger partial charge in [0.05, 0.1) is 13.5 Å². The molecular formula is C14H21NO3. The lowest BCUT2D eigenvalue weighted by molar-refractivity contribution is -0.140. The van der Waals surface area contributed by atoms with Gasteiger partial charge >= 0.3 is 5.97 Å². The molecule has 1 aromatic carbocycles. The van der Waals surface area contributed by atoms with Crippen molar-refractivity contribution >= 4 is 5.97 Å². The van der Waals surface area contributed by atoms with Crippen molar-refractivity contribution in [3.63, 3.8) is 0 Å². The SMILES string of the molecule is COC(=O)CCNC(C)COc1ccc(C)cc1. The first-order chi connectivity index (χ1) is 8.61. The molecule has 0 bridgehead atoms. The maximum Gasteiger partial charge on any atom is 0.306 e. The normalized spacial score (nSPS) is 11.9. The Bertz CT molecular complexity index is 362. The van der Waals surface area contributed by atoms with Crippen LogP contribution in [0.2, 0.25) is 0 Å². The van der Waals surface area contributed by atoms with Gasteiger partial charge in [-0.15, -0.1) is 0 Å². The lowest BCUT2D eigenvalue weighted by atomic mass is 10.2. The van der Waals surface area contributed by atoms with Crippen molar-refractivity contribution in [1.29, 1.82) is 0 Å². The molecule has 1 unspecified atom stereocenters. The smallest absolute Gasteiger partial charge is 0.306 e. The monoisotopic (exact) mass is 251 g/mol. The summed E-state index contributed by atoms with van der Waals surface area (Å²) in [6.45, 7) is 5.24. The molecular weight excluding hydrogens is 230 g/mol. The van der Waals surface area contributed by atoms with Gasteiger partial charge in [0.15, 0.2) is 0 Å². The average molecular weight is 251 g/mol. The molecule has 4 nitrogen and oxygen atoms in total. The Hall–Kier alpha value is -1.55. The summed E-state index contributed by atoms with van der Waals surface area (Å²) in [7, 11) is 1.40. The van der Waals surface area contributed by atoms with Crippen LogP contribution < -0.4 is 10.1 Å². The lowest BCUT2D eigenvalue weighted by Crippen LogP contribution is -2.33. The summed E-state index contributed by atoms with van der Waals surface area (Å²) in [6.07, 6.45) is 0.380. The number of carbonyl (C=O) groups excluding carboxylic acids is 1. The fourth-order valence-corrected chi connectivity index (χ4v) is 1.44. The second kappa shape index (κ2) is 7.71. The third-order valence-corrected chi connectivity index (χ3v) is 2.57. The van der Waals surface area contributed by atoms with Gasteiger partial charge in [-0.05, 0) is 26.0 Å². The van der Waals surface area contributed by atoms with E-state index in [2.05, 4.69) is 10.1 Å². The molecule has 1 N–H and O–H groups in total. The van der Waals surface area contributed by atoms with Crippen LogP contribution in [0.4, 0.5) is 0 Å². The number of methoxy groups -OCH3 is 1. The Balaban J connectivity index is 2.18. The molecule has 0 aliphatic rings. The van der Waals surface area contributed by atoms with E-state index in [0.717, 1.165) is 5.75 Å². The highest BCUT2D eigenvalue weighted by Gasteiger charge is 2.04. The maximum atomic E-state index is 10.9. The lowest BCUT2D eigenvalue weighted by Gasteiger charge is -2.14. The van der Waals surface area contributed by atoms with Crippen molar-refractivity contribution in [2.24, 2.45) is 0 Å². The van der Waals surface area contributed by atoms with Crippen LogP contribution in [0.5, 0.6) is 5.75 Å². The van der Waals surface area contributed by atoms with E-state index in [0.29, 0.717) is 19.6 Å². The first-order valence-electron chi connectivity index (χ1n) is 6.11. The van der Waals surface area contributed by atoms with E-state index >= 15 is 0 Å². The number of esters is 1. The number of nitrogens with one attached hydrogen (secondary N) is 1. The Morgan fingerprint density at radius 2 is 2.00 bits per heavy atom. The van der Waals surface area contributed by atoms with Crippen LogP contribution >= 0.6 is 0 Å². The number of rotatable bonds is 7. The third-order valence-electron chi connectivity index (χ3n) is 2.57. The molecule has 1 rings (SSSR count). The van der Waals surface area contributed by atoms with E-state index in [9.17, 15) is 4.79 Å². The zero-order chi connectivity index (χ0) is 13.4. The zero-order valence-corrected chi connectivity index (χ0v) is 11.2. The van der Waals surface area contributed by atoms with Crippen molar-refractivity contribution in [2.45, 2.75) is 26.3 Å². The maximum absolute atomic E-state index is 10.9. The molecule has 0 saturated heterocycles. The highest BCUT2D eigenvalue weighted by Crippen LogP contribution is 2.11. The summed E-state index contributed by atoms with van der Waals surface area (Å²) in [5.74, 6) is 0.663. The van der Waals surface area contributed by atoms with Crippen LogP contribution in [0.15, 0.2) is 24.3 Å².